The molecule has 0 bridgehead atoms. The highest BCUT2D eigenvalue weighted by molar-refractivity contribution is 7.10. The van der Waals surface area contributed by atoms with Crippen LogP contribution in [0.5, 0.6) is 0 Å². The lowest BCUT2D eigenvalue weighted by atomic mass is 9.84. The van der Waals surface area contributed by atoms with Crippen molar-refractivity contribution in [1.82, 2.24) is 5.32 Å². The van der Waals surface area contributed by atoms with E-state index >= 15 is 0 Å². The summed E-state index contributed by atoms with van der Waals surface area (Å²) in [6.45, 7) is 0. The monoisotopic (exact) mass is 279 g/mol. The van der Waals surface area contributed by atoms with Gasteiger partial charge in [0.05, 0.1) is 5.92 Å². The molecule has 1 aromatic rings. The minimum Gasteiger partial charge on any atom is -0.481 e. The van der Waals surface area contributed by atoms with Crippen LogP contribution in [-0.4, -0.2) is 17.1 Å². The molecule has 2 N–H and O–H groups in total. The van der Waals surface area contributed by atoms with Gasteiger partial charge in [0, 0.05) is 17.0 Å². The van der Waals surface area contributed by atoms with Gasteiger partial charge in [-0.05, 0) is 62.0 Å². The molecule has 0 aliphatic heterocycles. The molecular weight excluding hydrogens is 258 g/mol. The van der Waals surface area contributed by atoms with Gasteiger partial charge in [-0.3, -0.25) is 4.79 Å². The lowest BCUT2D eigenvalue weighted by Gasteiger charge is -2.32. The fraction of sp³-hybridized carbons (Fsp3) is 0.667. The Morgan fingerprint density at radius 3 is 2.79 bits per heavy atom. The van der Waals surface area contributed by atoms with Crippen LogP contribution in [0.25, 0.3) is 0 Å². The summed E-state index contributed by atoms with van der Waals surface area (Å²) in [5.41, 5.74) is 1.50. The highest BCUT2D eigenvalue weighted by Gasteiger charge is 2.29. The Labute approximate surface area is 118 Å². The van der Waals surface area contributed by atoms with Gasteiger partial charge in [-0.25, -0.2) is 0 Å². The van der Waals surface area contributed by atoms with Crippen molar-refractivity contribution in [2.24, 2.45) is 5.92 Å². The van der Waals surface area contributed by atoms with Crippen LogP contribution in [0.2, 0.25) is 0 Å². The molecule has 1 atom stereocenters. The molecule has 2 aliphatic rings. The number of aliphatic carboxylic acids is 1. The van der Waals surface area contributed by atoms with E-state index in [2.05, 4.69) is 16.8 Å². The molecule has 0 radical (unpaired) electrons. The number of aryl methyl sites for hydroxylation is 1. The molecule has 1 fully saturated rings. The van der Waals surface area contributed by atoms with Crippen LogP contribution in [0.4, 0.5) is 0 Å². The normalized spacial score (nSPS) is 30.8. The average molecular weight is 279 g/mol. The van der Waals surface area contributed by atoms with Gasteiger partial charge < -0.3 is 10.4 Å². The van der Waals surface area contributed by atoms with Crippen molar-refractivity contribution >= 4 is 17.3 Å². The molecule has 4 heteroatoms. The molecular formula is C15H21NO2S. The van der Waals surface area contributed by atoms with E-state index in [0.717, 1.165) is 25.7 Å². The van der Waals surface area contributed by atoms with Crippen LogP contribution >= 0.6 is 11.3 Å². The van der Waals surface area contributed by atoms with Crippen LogP contribution in [-0.2, 0) is 11.2 Å². The summed E-state index contributed by atoms with van der Waals surface area (Å²) in [5.74, 6) is -0.725. The van der Waals surface area contributed by atoms with Crippen LogP contribution in [0.1, 0.15) is 55.0 Å². The Morgan fingerprint density at radius 2 is 2.05 bits per heavy atom. The second-order valence-electron chi connectivity index (χ2n) is 5.80. The van der Waals surface area contributed by atoms with Crippen molar-refractivity contribution in [3.05, 3.63) is 21.9 Å². The van der Waals surface area contributed by atoms with Gasteiger partial charge in [0.1, 0.15) is 0 Å². The van der Waals surface area contributed by atoms with E-state index in [1.807, 2.05) is 11.3 Å². The Kier molecular flexibility index (Phi) is 3.89. The van der Waals surface area contributed by atoms with Crippen molar-refractivity contribution in [1.29, 1.82) is 0 Å². The van der Waals surface area contributed by atoms with Crippen LogP contribution in [0.3, 0.4) is 0 Å². The highest BCUT2D eigenvalue weighted by Crippen LogP contribution is 2.35. The maximum Gasteiger partial charge on any atom is 0.306 e. The van der Waals surface area contributed by atoms with Crippen molar-refractivity contribution in [2.75, 3.05) is 0 Å². The van der Waals surface area contributed by atoms with Gasteiger partial charge in [0.15, 0.2) is 0 Å². The number of hydrogen-bond donors (Lipinski definition) is 2. The topological polar surface area (TPSA) is 49.3 Å². The van der Waals surface area contributed by atoms with Gasteiger partial charge in [0.25, 0.3) is 0 Å². The first kappa shape index (κ1) is 13.1. The predicted octanol–water partition coefficient (Wildman–Crippen LogP) is 3.36. The molecule has 0 saturated heterocycles. The molecule has 0 aromatic carbocycles. The standard InChI is InChI=1S/C15H21NO2S/c17-15(18)10-4-6-11(7-5-10)16-13-2-1-3-14-12(13)8-9-19-14/h8-11,13,16H,1-7H2,(H,17,18). The van der Waals surface area contributed by atoms with Crippen LogP contribution < -0.4 is 5.32 Å². The molecule has 1 aromatic heterocycles. The molecule has 3 rings (SSSR count). The van der Waals surface area contributed by atoms with Crippen LogP contribution in [0.15, 0.2) is 11.4 Å². The van der Waals surface area contributed by atoms with E-state index in [1.165, 1.54) is 24.8 Å². The van der Waals surface area contributed by atoms with E-state index < -0.39 is 5.97 Å². The maximum absolute atomic E-state index is 11.0. The third-order valence-electron chi connectivity index (χ3n) is 4.57. The van der Waals surface area contributed by atoms with Crippen molar-refractivity contribution in [3.63, 3.8) is 0 Å². The van der Waals surface area contributed by atoms with E-state index in [1.54, 1.807) is 4.88 Å². The first-order chi connectivity index (χ1) is 9.24. The number of thiophene rings is 1. The molecule has 3 nitrogen and oxygen atoms in total. The molecule has 1 saturated carbocycles. The third kappa shape index (κ3) is 2.84. The predicted molar refractivity (Wildman–Crippen MR) is 76.5 cm³/mol. The zero-order chi connectivity index (χ0) is 13.2. The second kappa shape index (κ2) is 5.63. The van der Waals surface area contributed by atoms with Gasteiger partial charge in [-0.15, -0.1) is 11.3 Å². The molecule has 104 valence electrons. The minimum atomic E-state index is -0.615. The molecule has 1 heterocycles. The quantitative estimate of drug-likeness (QED) is 0.892. The summed E-state index contributed by atoms with van der Waals surface area (Å²) >= 11 is 1.88. The van der Waals surface area contributed by atoms with E-state index in [4.69, 9.17) is 5.11 Å². The maximum atomic E-state index is 11.0. The fourth-order valence-electron chi connectivity index (χ4n) is 3.45. The first-order valence-corrected chi connectivity index (χ1v) is 8.17. The molecule has 2 aliphatic carbocycles. The van der Waals surface area contributed by atoms with E-state index in [0.29, 0.717) is 12.1 Å². The average Bonchev–Trinajstić information content (AvgIpc) is 2.89. The Bertz CT molecular complexity index is 449. The summed E-state index contributed by atoms with van der Waals surface area (Å²) in [6, 6.07) is 3.27. The summed E-state index contributed by atoms with van der Waals surface area (Å²) < 4.78 is 0. The summed E-state index contributed by atoms with van der Waals surface area (Å²) in [6.07, 6.45) is 7.40. The van der Waals surface area contributed by atoms with Crippen molar-refractivity contribution in [2.45, 2.75) is 57.0 Å². The lowest BCUT2D eigenvalue weighted by molar-refractivity contribution is -0.142. The van der Waals surface area contributed by atoms with Crippen molar-refractivity contribution in [3.8, 4) is 0 Å². The smallest absolute Gasteiger partial charge is 0.306 e. The summed E-state index contributed by atoms with van der Waals surface area (Å²) in [5, 5.41) is 15.0. The molecule has 0 spiro atoms. The van der Waals surface area contributed by atoms with Crippen LogP contribution in [0, 0.1) is 5.92 Å². The zero-order valence-corrected chi connectivity index (χ0v) is 11.9. The number of carbonyl (C=O) groups is 1. The zero-order valence-electron chi connectivity index (χ0n) is 11.1. The number of fused-ring (bicyclic) bond motifs is 1. The Hall–Kier alpha value is -0.870. The number of nitrogens with one attached hydrogen (secondary N) is 1. The van der Waals surface area contributed by atoms with Crippen molar-refractivity contribution < 1.29 is 9.90 Å². The van der Waals surface area contributed by atoms with E-state index in [-0.39, 0.29) is 5.92 Å². The number of rotatable bonds is 3. The SMILES string of the molecule is O=C(O)C1CCC(NC2CCCc3sccc32)CC1. The van der Waals surface area contributed by atoms with Gasteiger partial charge in [-0.1, -0.05) is 0 Å². The minimum absolute atomic E-state index is 0.110. The summed E-state index contributed by atoms with van der Waals surface area (Å²) in [7, 11) is 0. The number of carboxylic acid groups (broad SMARTS) is 1. The number of hydrogen-bond acceptors (Lipinski definition) is 3. The second-order valence-corrected chi connectivity index (χ2v) is 6.80. The molecule has 19 heavy (non-hydrogen) atoms. The highest BCUT2D eigenvalue weighted by atomic mass is 32.1. The molecule has 1 unspecified atom stereocenters. The van der Waals surface area contributed by atoms with Gasteiger partial charge >= 0.3 is 5.97 Å². The Balaban J connectivity index is 1.58. The summed E-state index contributed by atoms with van der Waals surface area (Å²) in [4.78, 5) is 12.5. The number of carboxylic acids is 1. The Morgan fingerprint density at radius 1 is 1.26 bits per heavy atom. The fourth-order valence-corrected chi connectivity index (χ4v) is 4.44. The first-order valence-electron chi connectivity index (χ1n) is 7.29. The van der Waals surface area contributed by atoms with E-state index in [9.17, 15) is 4.79 Å². The van der Waals surface area contributed by atoms with Gasteiger partial charge in [0.2, 0.25) is 0 Å². The largest absolute Gasteiger partial charge is 0.481 e. The lowest BCUT2D eigenvalue weighted by Crippen LogP contribution is -2.38. The van der Waals surface area contributed by atoms with Gasteiger partial charge in [-0.2, -0.15) is 0 Å². The third-order valence-corrected chi connectivity index (χ3v) is 5.56. The molecule has 0 amide bonds.